The van der Waals surface area contributed by atoms with Crippen LogP contribution in [0.3, 0.4) is 0 Å². The number of carbonyl (C=O) groups is 2. The molecule has 0 aromatic carbocycles. The summed E-state index contributed by atoms with van der Waals surface area (Å²) in [6.45, 7) is 22.4. The molecular formula is C62H128N2O4. The van der Waals surface area contributed by atoms with E-state index in [0.29, 0.717) is 12.8 Å². The zero-order chi connectivity index (χ0) is 50.9. The second kappa shape index (κ2) is 58.4. The SMILES string of the molecule is CCCCCCCC[N+](C)(CCCCCCCC)CCCCCCCC.CCCCCCCC[N+](C)(CCCCCCCC)CCCCCCCC.O=C([O-])CCCCCCCCCCC(=O)[O-]. The molecule has 0 rings (SSSR count). The Hall–Kier alpha value is -1.14. The van der Waals surface area contributed by atoms with Crippen LogP contribution in [-0.4, -0.2) is 74.3 Å². The molecule has 0 spiro atoms. The molecule has 0 unspecified atom stereocenters. The Balaban J connectivity index is -0.000000961. The van der Waals surface area contributed by atoms with Crippen molar-refractivity contribution >= 4 is 11.9 Å². The van der Waals surface area contributed by atoms with E-state index in [9.17, 15) is 19.8 Å². The van der Waals surface area contributed by atoms with Crippen LogP contribution < -0.4 is 10.2 Å². The van der Waals surface area contributed by atoms with E-state index >= 15 is 0 Å². The van der Waals surface area contributed by atoms with E-state index in [-0.39, 0.29) is 12.8 Å². The molecular weight excluding hydrogens is 837 g/mol. The van der Waals surface area contributed by atoms with Gasteiger partial charge in [-0.2, -0.15) is 0 Å². The normalized spacial score (nSPS) is 11.6. The molecule has 0 fully saturated rings. The van der Waals surface area contributed by atoms with Crippen molar-refractivity contribution in [1.82, 2.24) is 0 Å². The molecule has 0 aliphatic rings. The first-order chi connectivity index (χ1) is 33.0. The van der Waals surface area contributed by atoms with Crippen LogP contribution >= 0.6 is 0 Å². The third-order valence-electron chi connectivity index (χ3n) is 14.8. The van der Waals surface area contributed by atoms with Crippen molar-refractivity contribution in [1.29, 1.82) is 0 Å². The number of quaternary nitrogens is 2. The summed E-state index contributed by atoms with van der Waals surface area (Å²) < 4.78 is 2.71. The highest BCUT2D eigenvalue weighted by Gasteiger charge is 2.21. The van der Waals surface area contributed by atoms with Gasteiger partial charge in [-0.1, -0.05) is 234 Å². The van der Waals surface area contributed by atoms with Gasteiger partial charge >= 0.3 is 0 Å². The van der Waals surface area contributed by atoms with Crippen LogP contribution in [0.2, 0.25) is 0 Å². The Kier molecular flexibility index (Phi) is 61.1. The van der Waals surface area contributed by atoms with E-state index in [0.717, 1.165) is 38.5 Å². The first-order valence-corrected chi connectivity index (χ1v) is 31.1. The van der Waals surface area contributed by atoms with Crippen LogP contribution in [0.4, 0.5) is 0 Å². The minimum atomic E-state index is -0.970. The number of carboxylic acids is 2. The molecule has 6 nitrogen and oxygen atoms in total. The molecule has 0 saturated carbocycles. The molecule has 0 heterocycles. The zero-order valence-corrected chi connectivity index (χ0v) is 48.3. The number of hydrogen-bond acceptors (Lipinski definition) is 4. The number of aliphatic carboxylic acids is 2. The Morgan fingerprint density at radius 3 is 0.515 bits per heavy atom. The number of rotatable bonds is 53. The predicted octanol–water partition coefficient (Wildman–Crippen LogP) is 17.4. The summed E-state index contributed by atoms with van der Waals surface area (Å²) in [6, 6.07) is 0. The van der Waals surface area contributed by atoms with Gasteiger partial charge in [-0.3, -0.25) is 0 Å². The maximum absolute atomic E-state index is 10.1. The van der Waals surface area contributed by atoms with Crippen LogP contribution in [0.5, 0.6) is 0 Å². The van der Waals surface area contributed by atoms with Crippen molar-refractivity contribution in [2.24, 2.45) is 0 Å². The molecule has 0 radical (unpaired) electrons. The highest BCUT2D eigenvalue weighted by molar-refractivity contribution is 5.64. The molecule has 0 aliphatic heterocycles. The minimum Gasteiger partial charge on any atom is -0.550 e. The van der Waals surface area contributed by atoms with Gasteiger partial charge in [0, 0.05) is 11.9 Å². The summed E-state index contributed by atoms with van der Waals surface area (Å²) in [5.74, 6) is -1.94. The van der Waals surface area contributed by atoms with Crippen LogP contribution in [0.15, 0.2) is 0 Å². The molecule has 6 heteroatoms. The van der Waals surface area contributed by atoms with Gasteiger partial charge in [0.05, 0.1) is 53.4 Å². The number of nitrogens with zero attached hydrogens (tertiary/aromatic N) is 2. The van der Waals surface area contributed by atoms with Gasteiger partial charge in [-0.15, -0.1) is 0 Å². The lowest BCUT2D eigenvalue weighted by Crippen LogP contribution is -2.46. The van der Waals surface area contributed by atoms with Crippen LogP contribution in [0.1, 0.15) is 337 Å². The molecule has 0 N–H and O–H groups in total. The Morgan fingerprint density at radius 2 is 0.368 bits per heavy atom. The smallest absolute Gasteiger partial charge is 0.0784 e. The third-order valence-corrected chi connectivity index (χ3v) is 14.8. The van der Waals surface area contributed by atoms with E-state index in [1.54, 1.807) is 0 Å². The summed E-state index contributed by atoms with van der Waals surface area (Å²) in [6.07, 6.45) is 59.6. The molecule has 0 aromatic rings. The molecule has 0 atom stereocenters. The second-order valence-electron chi connectivity index (χ2n) is 22.3. The molecule has 0 aromatic heterocycles. The first-order valence-electron chi connectivity index (χ1n) is 31.1. The number of carboxylic acid groups (broad SMARTS) is 2. The van der Waals surface area contributed by atoms with Crippen molar-refractivity contribution in [2.45, 2.75) is 337 Å². The molecule has 0 bridgehead atoms. The van der Waals surface area contributed by atoms with E-state index in [1.807, 2.05) is 0 Å². The number of carbonyl (C=O) groups excluding carboxylic acids is 2. The van der Waals surface area contributed by atoms with E-state index < -0.39 is 11.9 Å². The summed E-state index contributed by atoms with van der Waals surface area (Å²) in [5, 5.41) is 20.2. The molecule has 0 aliphatic carbocycles. The lowest BCUT2D eigenvalue weighted by molar-refractivity contribution is -0.910. The van der Waals surface area contributed by atoms with Gasteiger partial charge in [-0.05, 0) is 103 Å². The van der Waals surface area contributed by atoms with Gasteiger partial charge in [0.25, 0.3) is 0 Å². The molecule has 0 amide bonds. The van der Waals surface area contributed by atoms with Gasteiger partial charge in [-0.25, -0.2) is 0 Å². The number of hydrogen-bond donors (Lipinski definition) is 0. The average Bonchev–Trinajstić information content (AvgIpc) is 3.31. The molecule has 410 valence electrons. The largest absolute Gasteiger partial charge is 0.550 e. The van der Waals surface area contributed by atoms with Crippen molar-refractivity contribution in [3.63, 3.8) is 0 Å². The summed E-state index contributed by atoms with van der Waals surface area (Å²) in [5.41, 5.74) is 0. The molecule has 68 heavy (non-hydrogen) atoms. The zero-order valence-electron chi connectivity index (χ0n) is 48.3. The van der Waals surface area contributed by atoms with Crippen LogP contribution in [0.25, 0.3) is 0 Å². The monoisotopic (exact) mass is 965 g/mol. The first kappa shape index (κ1) is 71.1. The standard InChI is InChI=1S/2C25H54N.C12H22O4/c2*1-5-8-11-14-17-20-23-26(4,24-21-18-15-12-9-6-2)25-22-19-16-13-10-7-3;13-11(14)9-7-5-3-1-2-4-6-8-10-12(15)16/h2*5-25H2,1-4H3;1-10H2,(H,13,14)(H,15,16)/q2*+1;/p-2. The molecule has 0 saturated heterocycles. The number of unbranched alkanes of at least 4 members (excludes halogenated alkanes) is 37. The van der Waals surface area contributed by atoms with Gasteiger partial charge in [0.2, 0.25) is 0 Å². The summed E-state index contributed by atoms with van der Waals surface area (Å²) in [4.78, 5) is 20.2. The Bertz CT molecular complexity index is 815. The highest BCUT2D eigenvalue weighted by atomic mass is 16.4. The van der Waals surface area contributed by atoms with E-state index in [1.165, 1.54) is 279 Å². The quantitative estimate of drug-likeness (QED) is 0.0449. The minimum absolute atomic E-state index is 0.158. The van der Waals surface area contributed by atoms with Crippen molar-refractivity contribution in [3.8, 4) is 0 Å². The van der Waals surface area contributed by atoms with Gasteiger partial charge in [0.15, 0.2) is 0 Å². The maximum Gasteiger partial charge on any atom is 0.0784 e. The van der Waals surface area contributed by atoms with Crippen LogP contribution in [-0.2, 0) is 9.59 Å². The van der Waals surface area contributed by atoms with Gasteiger partial charge in [0.1, 0.15) is 0 Å². The van der Waals surface area contributed by atoms with Crippen molar-refractivity contribution < 1.29 is 28.8 Å². The topological polar surface area (TPSA) is 80.3 Å². The Labute approximate surface area is 429 Å². The predicted molar refractivity (Wildman–Crippen MR) is 298 cm³/mol. The maximum atomic E-state index is 10.1. The fourth-order valence-corrected chi connectivity index (χ4v) is 9.91. The summed E-state index contributed by atoms with van der Waals surface area (Å²) >= 11 is 0. The van der Waals surface area contributed by atoms with E-state index in [2.05, 4.69) is 55.6 Å². The Morgan fingerprint density at radius 1 is 0.235 bits per heavy atom. The average molecular weight is 966 g/mol. The van der Waals surface area contributed by atoms with Crippen molar-refractivity contribution in [2.75, 3.05) is 53.4 Å². The van der Waals surface area contributed by atoms with Crippen molar-refractivity contribution in [3.05, 3.63) is 0 Å². The van der Waals surface area contributed by atoms with E-state index in [4.69, 9.17) is 0 Å². The third kappa shape index (κ3) is 61.0. The lowest BCUT2D eigenvalue weighted by atomic mass is 10.1. The fraction of sp³-hybridized carbons (Fsp3) is 0.968. The van der Waals surface area contributed by atoms with Crippen LogP contribution in [0, 0.1) is 0 Å². The fourth-order valence-electron chi connectivity index (χ4n) is 9.91. The van der Waals surface area contributed by atoms with Gasteiger partial charge < -0.3 is 28.8 Å². The second-order valence-corrected chi connectivity index (χ2v) is 22.3. The summed E-state index contributed by atoms with van der Waals surface area (Å²) in [7, 11) is 5.12. The lowest BCUT2D eigenvalue weighted by Gasteiger charge is -2.35. The highest BCUT2D eigenvalue weighted by Crippen LogP contribution is 2.19.